The van der Waals surface area contributed by atoms with E-state index < -0.39 is 124 Å². The van der Waals surface area contributed by atoms with Gasteiger partial charge in [0.1, 0.15) is 73.2 Å². The van der Waals surface area contributed by atoms with Crippen molar-refractivity contribution in [3.05, 3.63) is 36.5 Å². The number of nitrogens with one attached hydrogen (secondary N) is 1. The molecule has 3 fully saturated rings. The topological polar surface area (TPSA) is 307 Å². The molecule has 0 aromatic rings. The van der Waals surface area contributed by atoms with Crippen LogP contribution in [-0.4, -0.2) is 193 Å². The maximum absolute atomic E-state index is 13.4. The number of hydrogen-bond donors (Lipinski definition) is 12. The molecular formula is C79H147NO18. The molecule has 17 atom stereocenters. The van der Waals surface area contributed by atoms with Crippen LogP contribution in [-0.2, 0) is 33.2 Å². The minimum absolute atomic E-state index is 0.236. The molecule has 0 aliphatic carbocycles. The van der Waals surface area contributed by atoms with Gasteiger partial charge in [-0.2, -0.15) is 0 Å². The second-order valence-corrected chi connectivity index (χ2v) is 28.9. The summed E-state index contributed by atoms with van der Waals surface area (Å²) in [7, 11) is 0. The van der Waals surface area contributed by atoms with Gasteiger partial charge in [0.05, 0.1) is 38.6 Å². The lowest BCUT2D eigenvalue weighted by molar-refractivity contribution is -0.379. The molecule has 3 aliphatic rings. The second kappa shape index (κ2) is 60.3. The van der Waals surface area contributed by atoms with E-state index in [0.29, 0.717) is 12.8 Å². The molecule has 576 valence electrons. The zero-order chi connectivity index (χ0) is 71.1. The van der Waals surface area contributed by atoms with Crippen molar-refractivity contribution in [1.29, 1.82) is 0 Å². The zero-order valence-electron chi connectivity index (χ0n) is 61.5. The van der Waals surface area contributed by atoms with Gasteiger partial charge in [-0.3, -0.25) is 4.79 Å². The molecule has 12 N–H and O–H groups in total. The summed E-state index contributed by atoms with van der Waals surface area (Å²) in [5.41, 5.74) is 0. The molecule has 0 aromatic carbocycles. The number of amides is 1. The lowest BCUT2D eigenvalue weighted by atomic mass is 9.96. The highest BCUT2D eigenvalue weighted by atomic mass is 16.8. The predicted octanol–water partition coefficient (Wildman–Crippen LogP) is 13.1. The second-order valence-electron chi connectivity index (χ2n) is 28.9. The van der Waals surface area contributed by atoms with E-state index in [1.54, 1.807) is 6.08 Å². The van der Waals surface area contributed by atoms with E-state index in [-0.39, 0.29) is 18.9 Å². The number of aliphatic hydroxyl groups is 11. The molecule has 3 aliphatic heterocycles. The van der Waals surface area contributed by atoms with Gasteiger partial charge >= 0.3 is 0 Å². The molecule has 0 aromatic heterocycles. The van der Waals surface area contributed by atoms with E-state index in [4.69, 9.17) is 28.4 Å². The van der Waals surface area contributed by atoms with Crippen LogP contribution in [0.3, 0.4) is 0 Å². The van der Waals surface area contributed by atoms with Crippen molar-refractivity contribution in [2.24, 2.45) is 0 Å². The van der Waals surface area contributed by atoms with Gasteiger partial charge in [-0.15, -0.1) is 0 Å². The molecule has 3 heterocycles. The van der Waals surface area contributed by atoms with Crippen LogP contribution in [0.15, 0.2) is 36.5 Å². The fraction of sp³-hybridized carbons (Fsp3) is 0.911. The third-order valence-corrected chi connectivity index (χ3v) is 20.2. The fourth-order valence-electron chi connectivity index (χ4n) is 13.7. The molecule has 0 saturated carbocycles. The van der Waals surface area contributed by atoms with Gasteiger partial charge in [0.2, 0.25) is 5.91 Å². The first kappa shape index (κ1) is 90.2. The van der Waals surface area contributed by atoms with Gasteiger partial charge in [-0.25, -0.2) is 0 Å². The van der Waals surface area contributed by atoms with E-state index in [9.17, 15) is 61.0 Å². The standard InChI is InChI=1S/C79H147NO18/c1-3-5-7-9-11-13-15-17-19-21-23-24-25-26-27-28-29-30-31-32-33-34-35-36-37-38-39-41-43-45-47-49-51-53-55-57-67(85)80-62(63(84)56-54-52-50-48-46-44-42-40-22-20-18-16-14-12-10-8-6-4-2)61-93-77-73(91)70(88)75(65(59-82)95-77)98-79-74(92)71(89)76(66(60-83)96-79)97-78-72(90)69(87)68(86)64(58-81)94-78/h22,40,46,48,54,56,62-66,68-79,81-84,86-92H,3-21,23-39,41-45,47,49-53,55,57-61H2,1-2H3,(H,80,85)/b40-22+,48-46+,56-54+. The van der Waals surface area contributed by atoms with Crippen LogP contribution < -0.4 is 5.32 Å². The Balaban J connectivity index is 1.34. The molecule has 0 spiro atoms. The van der Waals surface area contributed by atoms with Gasteiger partial charge in [-0.1, -0.05) is 314 Å². The summed E-state index contributed by atoms with van der Waals surface area (Å²) in [4.78, 5) is 13.4. The maximum Gasteiger partial charge on any atom is 0.220 e. The van der Waals surface area contributed by atoms with Crippen molar-refractivity contribution in [2.75, 3.05) is 26.4 Å². The summed E-state index contributed by atoms with van der Waals surface area (Å²) >= 11 is 0. The number of aliphatic hydroxyl groups excluding tert-OH is 11. The van der Waals surface area contributed by atoms with E-state index in [1.807, 2.05) is 6.08 Å². The van der Waals surface area contributed by atoms with E-state index in [0.717, 1.165) is 44.9 Å². The molecular weight excluding hydrogens is 1250 g/mol. The van der Waals surface area contributed by atoms with Crippen LogP contribution in [0.2, 0.25) is 0 Å². The van der Waals surface area contributed by atoms with Gasteiger partial charge in [0.15, 0.2) is 18.9 Å². The highest BCUT2D eigenvalue weighted by Gasteiger charge is 2.54. The minimum Gasteiger partial charge on any atom is -0.394 e. The van der Waals surface area contributed by atoms with Crippen LogP contribution in [0.5, 0.6) is 0 Å². The van der Waals surface area contributed by atoms with Crippen LogP contribution in [0.1, 0.15) is 328 Å². The van der Waals surface area contributed by atoms with E-state index in [1.165, 1.54) is 250 Å². The predicted molar refractivity (Wildman–Crippen MR) is 388 cm³/mol. The van der Waals surface area contributed by atoms with Crippen LogP contribution in [0.4, 0.5) is 0 Å². The Morgan fingerprint density at radius 2 is 0.653 bits per heavy atom. The molecule has 1 amide bonds. The first-order chi connectivity index (χ1) is 47.8. The average Bonchev–Trinajstić information content (AvgIpc) is 0.784. The highest BCUT2D eigenvalue weighted by molar-refractivity contribution is 5.76. The van der Waals surface area contributed by atoms with Crippen molar-refractivity contribution in [3.63, 3.8) is 0 Å². The van der Waals surface area contributed by atoms with Crippen molar-refractivity contribution in [1.82, 2.24) is 5.32 Å². The fourth-order valence-corrected chi connectivity index (χ4v) is 13.7. The Bertz CT molecular complexity index is 1910. The first-order valence-electron chi connectivity index (χ1n) is 40.2. The Labute approximate surface area is 593 Å². The molecule has 0 radical (unpaired) electrons. The summed E-state index contributed by atoms with van der Waals surface area (Å²) in [5.74, 6) is -0.283. The SMILES string of the molecule is CCCCCCCCCC/C=C/CC/C=C/CC/C=C/C(O)C(COC1OC(CO)C(OC2OC(CO)C(OC3OC(CO)C(O)C(O)C3O)C(O)C2O)C(O)C1O)NC(=O)CCCCCCCCCCCCCCCCCCCCCCCCCCCCCCCCCCCCC. The smallest absolute Gasteiger partial charge is 0.220 e. The number of carbonyl (C=O) groups excluding carboxylic acids is 1. The van der Waals surface area contributed by atoms with Crippen LogP contribution in [0.25, 0.3) is 0 Å². The third-order valence-electron chi connectivity index (χ3n) is 20.2. The number of unbranched alkanes of at least 4 members (excludes halogenated alkanes) is 44. The number of allylic oxidation sites excluding steroid dienone is 5. The molecule has 19 heteroatoms. The number of hydrogen-bond acceptors (Lipinski definition) is 18. The van der Waals surface area contributed by atoms with E-state index in [2.05, 4.69) is 43.5 Å². The first-order valence-corrected chi connectivity index (χ1v) is 40.2. The molecule has 3 saturated heterocycles. The number of ether oxygens (including phenoxy) is 6. The van der Waals surface area contributed by atoms with Gasteiger partial charge < -0.3 is 89.9 Å². The zero-order valence-corrected chi connectivity index (χ0v) is 61.5. The molecule has 19 nitrogen and oxygen atoms in total. The van der Waals surface area contributed by atoms with Crippen LogP contribution in [0, 0.1) is 0 Å². The average molecular weight is 1400 g/mol. The van der Waals surface area contributed by atoms with Gasteiger partial charge in [0, 0.05) is 6.42 Å². The van der Waals surface area contributed by atoms with Crippen molar-refractivity contribution < 1.29 is 89.4 Å². The summed E-state index contributed by atoms with van der Waals surface area (Å²) in [6.45, 7) is 1.75. The molecule has 17 unspecified atom stereocenters. The summed E-state index contributed by atoms with van der Waals surface area (Å²) in [6.07, 6.45) is 47.3. The normalized spacial score (nSPS) is 26.9. The van der Waals surface area contributed by atoms with Gasteiger partial charge in [0.25, 0.3) is 0 Å². The Hall–Kier alpha value is -1.99. The number of carbonyl (C=O) groups is 1. The monoisotopic (exact) mass is 1400 g/mol. The molecule has 98 heavy (non-hydrogen) atoms. The van der Waals surface area contributed by atoms with Gasteiger partial charge in [-0.05, 0) is 44.9 Å². The van der Waals surface area contributed by atoms with Crippen LogP contribution >= 0.6 is 0 Å². The summed E-state index contributed by atoms with van der Waals surface area (Å²) in [5, 5.41) is 121. The largest absolute Gasteiger partial charge is 0.394 e. The maximum atomic E-state index is 13.4. The minimum atomic E-state index is -1.98. The molecule has 3 rings (SSSR count). The third kappa shape index (κ3) is 40.3. The molecule has 0 bridgehead atoms. The van der Waals surface area contributed by atoms with Crippen molar-refractivity contribution in [2.45, 2.75) is 433 Å². The Morgan fingerprint density at radius 3 is 1.02 bits per heavy atom. The van der Waals surface area contributed by atoms with Crippen molar-refractivity contribution in [3.8, 4) is 0 Å². The van der Waals surface area contributed by atoms with Crippen molar-refractivity contribution >= 4 is 5.91 Å². The summed E-state index contributed by atoms with van der Waals surface area (Å²) in [6, 6.07) is -0.995. The quantitative estimate of drug-likeness (QED) is 0.0199. The Morgan fingerprint density at radius 1 is 0.357 bits per heavy atom. The summed E-state index contributed by atoms with van der Waals surface area (Å²) < 4.78 is 34.4. The number of rotatable bonds is 64. The van der Waals surface area contributed by atoms with E-state index >= 15 is 0 Å². The Kier molecular flexibility index (Phi) is 55.5. The lowest BCUT2D eigenvalue weighted by Gasteiger charge is -2.48. The lowest BCUT2D eigenvalue weighted by Crippen LogP contribution is -2.66. The highest BCUT2D eigenvalue weighted by Crippen LogP contribution is 2.33.